The molecule has 60 valence electrons. The first-order valence-corrected chi connectivity index (χ1v) is 3.26. The largest absolute Gasteiger partial charge is 0.485 e. The molecule has 0 radical (unpaired) electrons. The average molecular weight is 155 g/mol. The molecule has 0 saturated carbocycles. The maximum atomic E-state index is 10.9. The van der Waals surface area contributed by atoms with E-state index in [1.165, 1.54) is 6.20 Å². The van der Waals surface area contributed by atoms with Gasteiger partial charge in [-0.25, -0.2) is 0 Å². The molecule has 0 aliphatic rings. The molecule has 1 aromatic rings. The van der Waals surface area contributed by atoms with Gasteiger partial charge in [-0.15, -0.1) is 0 Å². The van der Waals surface area contributed by atoms with Crippen LogP contribution < -0.4 is 10.3 Å². The first-order valence-electron chi connectivity index (χ1n) is 3.26. The average Bonchev–Trinajstić information content (AvgIpc) is 2.03. The van der Waals surface area contributed by atoms with Crippen molar-refractivity contribution >= 4 is 0 Å². The molecule has 11 heavy (non-hydrogen) atoms. The molecule has 0 spiro atoms. The van der Waals surface area contributed by atoms with Gasteiger partial charge in [0.05, 0.1) is 6.61 Å². The molecular formula is C7H9NO3. The number of pyridine rings is 1. The topological polar surface area (TPSA) is 62.3 Å². The van der Waals surface area contributed by atoms with Crippen molar-refractivity contribution in [2.75, 3.05) is 13.2 Å². The van der Waals surface area contributed by atoms with Crippen molar-refractivity contribution in [1.82, 2.24) is 4.98 Å². The second kappa shape index (κ2) is 3.78. The van der Waals surface area contributed by atoms with Crippen molar-refractivity contribution in [2.45, 2.75) is 0 Å². The Morgan fingerprint density at radius 1 is 1.64 bits per heavy atom. The van der Waals surface area contributed by atoms with E-state index < -0.39 is 0 Å². The zero-order valence-electron chi connectivity index (χ0n) is 5.91. The van der Waals surface area contributed by atoms with Gasteiger partial charge < -0.3 is 14.8 Å². The number of ether oxygens (including phenoxy) is 1. The van der Waals surface area contributed by atoms with Crippen molar-refractivity contribution in [3.63, 3.8) is 0 Å². The lowest BCUT2D eigenvalue weighted by Crippen LogP contribution is -2.12. The van der Waals surface area contributed by atoms with Gasteiger partial charge in [0.25, 0.3) is 5.56 Å². The van der Waals surface area contributed by atoms with E-state index in [0.29, 0.717) is 0 Å². The van der Waals surface area contributed by atoms with Crippen LogP contribution in [-0.2, 0) is 0 Å². The molecule has 0 aliphatic carbocycles. The molecular weight excluding hydrogens is 146 g/mol. The monoisotopic (exact) mass is 155 g/mol. The van der Waals surface area contributed by atoms with Crippen LogP contribution in [0, 0.1) is 0 Å². The van der Waals surface area contributed by atoms with Crippen LogP contribution in [0.4, 0.5) is 0 Å². The van der Waals surface area contributed by atoms with Gasteiger partial charge in [0.1, 0.15) is 6.61 Å². The minimum atomic E-state index is -0.277. The molecule has 4 nitrogen and oxygen atoms in total. The Morgan fingerprint density at radius 2 is 2.45 bits per heavy atom. The highest BCUT2D eigenvalue weighted by atomic mass is 16.5. The van der Waals surface area contributed by atoms with Crippen molar-refractivity contribution in [2.24, 2.45) is 0 Å². The first-order chi connectivity index (χ1) is 5.34. The lowest BCUT2D eigenvalue weighted by molar-refractivity contribution is 0.200. The minimum absolute atomic E-state index is 0.0890. The Hall–Kier alpha value is -1.29. The summed E-state index contributed by atoms with van der Waals surface area (Å²) in [4.78, 5) is 13.3. The molecule has 0 fully saturated rings. The van der Waals surface area contributed by atoms with E-state index >= 15 is 0 Å². The fourth-order valence-corrected chi connectivity index (χ4v) is 0.675. The maximum absolute atomic E-state index is 10.9. The van der Waals surface area contributed by atoms with E-state index in [2.05, 4.69) is 4.98 Å². The third-order valence-electron chi connectivity index (χ3n) is 1.13. The highest BCUT2D eigenvalue weighted by Crippen LogP contribution is 1.98. The quantitative estimate of drug-likeness (QED) is 0.632. The van der Waals surface area contributed by atoms with Crippen LogP contribution in [0.15, 0.2) is 23.1 Å². The summed E-state index contributed by atoms with van der Waals surface area (Å²) in [6.45, 7) is 0.0570. The Bertz CT molecular complexity index is 268. The van der Waals surface area contributed by atoms with E-state index in [1.54, 1.807) is 12.1 Å². The fraction of sp³-hybridized carbons (Fsp3) is 0.286. The zero-order valence-corrected chi connectivity index (χ0v) is 5.91. The van der Waals surface area contributed by atoms with Gasteiger partial charge in [0, 0.05) is 6.20 Å². The van der Waals surface area contributed by atoms with Crippen LogP contribution in [-0.4, -0.2) is 23.3 Å². The van der Waals surface area contributed by atoms with Gasteiger partial charge in [-0.05, 0) is 12.1 Å². The van der Waals surface area contributed by atoms with Crippen LogP contribution in [0.2, 0.25) is 0 Å². The minimum Gasteiger partial charge on any atom is -0.485 e. The molecule has 2 N–H and O–H groups in total. The van der Waals surface area contributed by atoms with E-state index in [0.717, 1.165) is 0 Å². The lowest BCUT2D eigenvalue weighted by atomic mass is 10.4. The highest BCUT2D eigenvalue weighted by molar-refractivity contribution is 5.15. The fourth-order valence-electron chi connectivity index (χ4n) is 0.675. The number of H-pyrrole nitrogens is 1. The lowest BCUT2D eigenvalue weighted by Gasteiger charge is -2.00. The number of aromatic nitrogens is 1. The summed E-state index contributed by atoms with van der Waals surface area (Å²) in [7, 11) is 0. The number of aliphatic hydroxyl groups excluding tert-OH is 1. The third-order valence-corrected chi connectivity index (χ3v) is 1.13. The smallest absolute Gasteiger partial charge is 0.290 e. The summed E-state index contributed by atoms with van der Waals surface area (Å²) < 4.78 is 4.89. The third kappa shape index (κ3) is 2.09. The normalized spacial score (nSPS) is 9.55. The molecule has 0 bridgehead atoms. The number of aliphatic hydroxyl groups is 1. The van der Waals surface area contributed by atoms with Gasteiger partial charge in [-0.1, -0.05) is 0 Å². The van der Waals surface area contributed by atoms with Crippen molar-refractivity contribution in [1.29, 1.82) is 0 Å². The summed E-state index contributed by atoms with van der Waals surface area (Å²) in [5, 5.41) is 8.38. The number of nitrogens with one attached hydrogen (secondary N) is 1. The summed E-state index contributed by atoms with van der Waals surface area (Å²) in [6, 6.07) is 3.21. The number of rotatable bonds is 3. The van der Waals surface area contributed by atoms with Gasteiger partial charge in [0.2, 0.25) is 0 Å². The molecule has 0 aromatic carbocycles. The molecule has 0 saturated heterocycles. The van der Waals surface area contributed by atoms with Crippen molar-refractivity contribution in [3.8, 4) is 5.75 Å². The summed E-state index contributed by atoms with van der Waals surface area (Å²) in [5.74, 6) is 0.238. The Kier molecular flexibility index (Phi) is 2.68. The molecule has 4 heteroatoms. The zero-order chi connectivity index (χ0) is 8.10. The Labute approximate surface area is 63.5 Å². The van der Waals surface area contributed by atoms with Gasteiger partial charge in [-0.3, -0.25) is 4.79 Å². The predicted octanol–water partition coefficient (Wildman–Crippen LogP) is -0.254. The number of hydrogen-bond acceptors (Lipinski definition) is 3. The van der Waals surface area contributed by atoms with Crippen molar-refractivity contribution < 1.29 is 9.84 Å². The summed E-state index contributed by atoms with van der Waals surface area (Å²) in [6.07, 6.45) is 1.52. The standard InChI is InChI=1S/C7H9NO3/c9-4-5-11-6-2-1-3-8-7(6)10/h1-3,9H,4-5H2,(H,8,10). The van der Waals surface area contributed by atoms with Gasteiger partial charge in [-0.2, -0.15) is 0 Å². The summed E-state index contributed by atoms with van der Waals surface area (Å²) >= 11 is 0. The maximum Gasteiger partial charge on any atom is 0.290 e. The number of aromatic amines is 1. The van der Waals surface area contributed by atoms with Crippen LogP contribution in [0.3, 0.4) is 0 Å². The van der Waals surface area contributed by atoms with Crippen LogP contribution >= 0.6 is 0 Å². The Morgan fingerprint density at radius 3 is 3.09 bits per heavy atom. The first kappa shape index (κ1) is 7.81. The van der Waals surface area contributed by atoms with Crippen molar-refractivity contribution in [3.05, 3.63) is 28.7 Å². The predicted molar refractivity (Wildman–Crippen MR) is 39.6 cm³/mol. The van der Waals surface area contributed by atoms with Gasteiger partial charge >= 0.3 is 0 Å². The number of hydrogen-bond donors (Lipinski definition) is 2. The molecule has 0 amide bonds. The second-order valence-electron chi connectivity index (χ2n) is 1.94. The highest BCUT2D eigenvalue weighted by Gasteiger charge is 1.95. The molecule has 0 aliphatic heterocycles. The second-order valence-corrected chi connectivity index (χ2v) is 1.94. The SMILES string of the molecule is O=c1[nH]cccc1OCCO. The van der Waals surface area contributed by atoms with Crippen LogP contribution in [0.25, 0.3) is 0 Å². The van der Waals surface area contributed by atoms with E-state index in [1.807, 2.05) is 0 Å². The van der Waals surface area contributed by atoms with E-state index in [4.69, 9.17) is 9.84 Å². The molecule has 1 rings (SSSR count). The van der Waals surface area contributed by atoms with E-state index in [9.17, 15) is 4.79 Å². The molecule has 1 aromatic heterocycles. The summed E-state index contributed by atoms with van der Waals surface area (Å²) in [5.41, 5.74) is -0.277. The molecule has 0 unspecified atom stereocenters. The van der Waals surface area contributed by atoms with Crippen LogP contribution in [0.1, 0.15) is 0 Å². The molecule has 0 atom stereocenters. The van der Waals surface area contributed by atoms with Gasteiger partial charge in [0.15, 0.2) is 5.75 Å². The Balaban J connectivity index is 2.70. The molecule has 1 heterocycles. The van der Waals surface area contributed by atoms with Crippen LogP contribution in [0.5, 0.6) is 5.75 Å². The van der Waals surface area contributed by atoms with E-state index in [-0.39, 0.29) is 24.5 Å².